The Labute approximate surface area is 158 Å². The number of carbonyl (C=O) groups excluding carboxylic acids is 1. The second kappa shape index (κ2) is 7.37. The van der Waals surface area contributed by atoms with Crippen molar-refractivity contribution >= 4 is 24.6 Å². The Kier molecular flexibility index (Phi) is 5.35. The summed E-state index contributed by atoms with van der Waals surface area (Å²) in [7, 11) is -2.51. The Balaban J connectivity index is 2.01. The summed E-state index contributed by atoms with van der Waals surface area (Å²) in [5, 5.41) is 2.52. The van der Waals surface area contributed by atoms with Gasteiger partial charge >= 0.3 is 0 Å². The van der Waals surface area contributed by atoms with Crippen molar-refractivity contribution < 1.29 is 9.22 Å². The highest BCUT2D eigenvalue weighted by molar-refractivity contribution is 6.99. The van der Waals surface area contributed by atoms with Crippen LogP contribution in [0.15, 0.2) is 60.7 Å². The molecule has 1 heterocycles. The van der Waals surface area contributed by atoms with Crippen molar-refractivity contribution in [2.24, 2.45) is 0 Å². The molecule has 4 heteroatoms. The van der Waals surface area contributed by atoms with Crippen LogP contribution in [0.3, 0.4) is 0 Å². The fraction of sp³-hybridized carbons (Fsp3) is 0.409. The average Bonchev–Trinajstić information content (AvgIpc) is 2.61. The number of rotatable bonds is 6. The fourth-order valence-corrected chi connectivity index (χ4v) is 8.54. The van der Waals surface area contributed by atoms with Crippen LogP contribution in [0, 0.1) is 0 Å². The smallest absolute Gasteiger partial charge is 0.261 e. The third-order valence-electron chi connectivity index (χ3n) is 5.38. The van der Waals surface area contributed by atoms with Crippen LogP contribution in [0.1, 0.15) is 34.1 Å². The molecule has 1 saturated heterocycles. The molecule has 3 nitrogen and oxygen atoms in total. The van der Waals surface area contributed by atoms with Crippen LogP contribution >= 0.6 is 0 Å². The number of amides is 1. The lowest BCUT2D eigenvalue weighted by atomic mass is 10.1. The Morgan fingerprint density at radius 1 is 1.00 bits per heavy atom. The van der Waals surface area contributed by atoms with E-state index in [1.807, 2.05) is 4.90 Å². The van der Waals surface area contributed by atoms with Gasteiger partial charge in [0.1, 0.15) is 0 Å². The van der Waals surface area contributed by atoms with Gasteiger partial charge in [-0.05, 0) is 22.3 Å². The van der Waals surface area contributed by atoms with E-state index in [-0.39, 0.29) is 17.0 Å². The van der Waals surface area contributed by atoms with Gasteiger partial charge in [-0.15, -0.1) is 0 Å². The summed E-state index contributed by atoms with van der Waals surface area (Å²) in [5.74, 6) is 0.239. The van der Waals surface area contributed by atoms with Gasteiger partial charge < -0.3 is 9.33 Å². The summed E-state index contributed by atoms with van der Waals surface area (Å²) >= 11 is 0. The molecular weight excluding hydrogens is 338 g/mol. The Morgan fingerprint density at radius 3 is 1.85 bits per heavy atom. The van der Waals surface area contributed by atoms with Crippen molar-refractivity contribution in [1.29, 1.82) is 0 Å². The molecule has 0 aromatic heterocycles. The maximum atomic E-state index is 11.8. The summed E-state index contributed by atoms with van der Waals surface area (Å²) in [6.45, 7) is 10.3. The highest BCUT2D eigenvalue weighted by atomic mass is 28.4. The van der Waals surface area contributed by atoms with Gasteiger partial charge in [0.2, 0.25) is 5.91 Å². The SMILES string of the molecule is C[C@@H](CO[Si](c1ccccc1)(c1ccccc1)C(C)(C)C)N1CCC1=O. The Bertz CT molecular complexity index is 700. The molecule has 1 aliphatic heterocycles. The van der Waals surface area contributed by atoms with Crippen molar-refractivity contribution in [3.8, 4) is 0 Å². The molecule has 26 heavy (non-hydrogen) atoms. The number of likely N-dealkylation sites (tertiary alicyclic amines) is 1. The molecule has 0 aliphatic carbocycles. The first-order chi connectivity index (χ1) is 12.4. The van der Waals surface area contributed by atoms with E-state index in [0.717, 1.165) is 6.54 Å². The van der Waals surface area contributed by atoms with Crippen LogP contribution < -0.4 is 10.4 Å². The zero-order chi connectivity index (χ0) is 18.8. The number of nitrogens with zero attached hydrogens (tertiary/aromatic N) is 1. The van der Waals surface area contributed by atoms with Crippen molar-refractivity contribution in [2.45, 2.75) is 45.2 Å². The molecule has 2 aromatic carbocycles. The number of hydrogen-bond acceptors (Lipinski definition) is 2. The van der Waals surface area contributed by atoms with Crippen LogP contribution in [-0.2, 0) is 9.22 Å². The van der Waals surface area contributed by atoms with Crippen molar-refractivity contribution in [1.82, 2.24) is 4.90 Å². The zero-order valence-corrected chi connectivity index (χ0v) is 17.2. The molecule has 2 aromatic rings. The fourth-order valence-electron chi connectivity index (χ4n) is 3.90. The Morgan fingerprint density at radius 2 is 1.50 bits per heavy atom. The van der Waals surface area contributed by atoms with E-state index in [4.69, 9.17) is 4.43 Å². The van der Waals surface area contributed by atoms with Gasteiger partial charge in [0.25, 0.3) is 8.32 Å². The highest BCUT2D eigenvalue weighted by Gasteiger charge is 2.50. The van der Waals surface area contributed by atoms with Crippen LogP contribution in [0.25, 0.3) is 0 Å². The van der Waals surface area contributed by atoms with Crippen LogP contribution in [0.5, 0.6) is 0 Å². The van der Waals surface area contributed by atoms with Crippen molar-refractivity contribution in [3.05, 3.63) is 60.7 Å². The van der Waals surface area contributed by atoms with E-state index in [9.17, 15) is 4.79 Å². The number of β-lactam (4-membered cyclic amide) rings is 1. The maximum absolute atomic E-state index is 11.8. The number of hydrogen-bond donors (Lipinski definition) is 0. The van der Waals surface area contributed by atoms with E-state index < -0.39 is 8.32 Å². The van der Waals surface area contributed by atoms with Gasteiger partial charge in [0.05, 0.1) is 12.6 Å². The van der Waals surface area contributed by atoms with E-state index >= 15 is 0 Å². The topological polar surface area (TPSA) is 29.5 Å². The first-order valence-corrected chi connectivity index (χ1v) is 11.3. The maximum Gasteiger partial charge on any atom is 0.261 e. The van der Waals surface area contributed by atoms with Crippen LogP contribution in [0.4, 0.5) is 0 Å². The first kappa shape index (κ1) is 18.9. The molecule has 1 aliphatic rings. The van der Waals surface area contributed by atoms with Crippen LogP contribution in [0.2, 0.25) is 5.04 Å². The minimum Gasteiger partial charge on any atom is -0.405 e. The van der Waals surface area contributed by atoms with E-state index in [0.29, 0.717) is 13.0 Å². The largest absolute Gasteiger partial charge is 0.405 e. The van der Waals surface area contributed by atoms with Crippen LogP contribution in [-0.4, -0.2) is 38.3 Å². The van der Waals surface area contributed by atoms with Gasteiger partial charge in [-0.2, -0.15) is 0 Å². The molecular formula is C22H29NO2Si. The summed E-state index contributed by atoms with van der Waals surface area (Å²) in [6.07, 6.45) is 0.670. The quantitative estimate of drug-likeness (QED) is 0.580. The third-order valence-corrected chi connectivity index (χ3v) is 10.4. The summed E-state index contributed by atoms with van der Waals surface area (Å²) in [5.41, 5.74) is 0. The van der Waals surface area contributed by atoms with Gasteiger partial charge in [-0.3, -0.25) is 4.79 Å². The molecule has 1 atom stereocenters. The lowest BCUT2D eigenvalue weighted by molar-refractivity contribution is -0.143. The van der Waals surface area contributed by atoms with E-state index in [1.165, 1.54) is 10.4 Å². The summed E-state index contributed by atoms with van der Waals surface area (Å²) in [6, 6.07) is 21.4. The van der Waals surface area contributed by atoms with Gasteiger partial charge in [-0.1, -0.05) is 81.4 Å². The van der Waals surface area contributed by atoms with Crippen molar-refractivity contribution in [2.75, 3.05) is 13.2 Å². The average molecular weight is 368 g/mol. The molecule has 1 amide bonds. The molecule has 0 radical (unpaired) electrons. The van der Waals surface area contributed by atoms with Gasteiger partial charge in [-0.25, -0.2) is 0 Å². The van der Waals surface area contributed by atoms with Gasteiger partial charge in [0.15, 0.2) is 0 Å². The molecule has 1 fully saturated rings. The predicted molar refractivity (Wildman–Crippen MR) is 109 cm³/mol. The van der Waals surface area contributed by atoms with Crippen molar-refractivity contribution in [3.63, 3.8) is 0 Å². The Hall–Kier alpha value is -1.91. The molecule has 138 valence electrons. The minimum absolute atomic E-state index is 0.0334. The molecule has 3 rings (SSSR count). The second-order valence-electron chi connectivity index (χ2n) is 8.16. The highest BCUT2D eigenvalue weighted by Crippen LogP contribution is 2.37. The lowest BCUT2D eigenvalue weighted by Gasteiger charge is -2.45. The molecule has 0 saturated carbocycles. The molecule has 0 bridgehead atoms. The van der Waals surface area contributed by atoms with E-state index in [1.54, 1.807) is 0 Å². The normalized spacial score (nSPS) is 16.3. The molecule has 0 spiro atoms. The van der Waals surface area contributed by atoms with Gasteiger partial charge in [0, 0.05) is 13.0 Å². The zero-order valence-electron chi connectivity index (χ0n) is 16.2. The minimum atomic E-state index is -2.51. The van der Waals surface area contributed by atoms with E-state index in [2.05, 4.69) is 88.4 Å². The molecule has 0 unspecified atom stereocenters. The summed E-state index contributed by atoms with van der Waals surface area (Å²) < 4.78 is 6.88. The summed E-state index contributed by atoms with van der Waals surface area (Å²) in [4.78, 5) is 13.7. The number of benzene rings is 2. The molecule has 0 N–H and O–H groups in total. The third kappa shape index (κ3) is 3.36. The predicted octanol–water partition coefficient (Wildman–Crippen LogP) is 3.18. The standard InChI is InChI=1S/C22H29NO2Si/c1-18(23-16-15-21(23)24)17-25-26(22(2,3)4,19-11-7-5-8-12-19)20-13-9-6-10-14-20/h5-14,18H,15-17H2,1-4H3/t18-/m0/s1. The monoisotopic (exact) mass is 367 g/mol. The lowest BCUT2D eigenvalue weighted by Crippen LogP contribution is -2.67. The second-order valence-corrected chi connectivity index (χ2v) is 12.5. The first-order valence-electron chi connectivity index (χ1n) is 9.41. The number of carbonyl (C=O) groups is 1.